The predicted molar refractivity (Wildman–Crippen MR) is 66.7 cm³/mol. The van der Waals surface area contributed by atoms with Gasteiger partial charge in [0.05, 0.1) is 19.1 Å². The van der Waals surface area contributed by atoms with E-state index < -0.39 is 0 Å². The number of hydrogen-bond acceptors (Lipinski definition) is 4. The van der Waals surface area contributed by atoms with Crippen molar-refractivity contribution in [3.63, 3.8) is 0 Å². The van der Waals surface area contributed by atoms with Crippen molar-refractivity contribution in [2.45, 2.75) is 37.8 Å². The van der Waals surface area contributed by atoms with E-state index in [4.69, 9.17) is 4.74 Å². The molecule has 0 fully saturated rings. The lowest BCUT2D eigenvalue weighted by molar-refractivity contribution is -0.143. The molecule has 0 amide bonds. The number of esters is 1. The summed E-state index contributed by atoms with van der Waals surface area (Å²) >= 11 is 0. The van der Waals surface area contributed by atoms with Crippen LogP contribution >= 0.6 is 0 Å². The number of nitrogens with zero attached hydrogens (tertiary/aromatic N) is 3. The molecule has 3 heterocycles. The Balaban J connectivity index is 2.05. The van der Waals surface area contributed by atoms with Crippen molar-refractivity contribution in [2.24, 2.45) is 10.9 Å². The Hall–Kier alpha value is -1.65. The maximum absolute atomic E-state index is 11.8. The van der Waals surface area contributed by atoms with Gasteiger partial charge < -0.3 is 9.30 Å². The van der Waals surface area contributed by atoms with Gasteiger partial charge in [-0.2, -0.15) is 0 Å². The second-order valence-corrected chi connectivity index (χ2v) is 5.61. The molecule has 0 saturated carbocycles. The maximum Gasteiger partial charge on any atom is 0.314 e. The van der Waals surface area contributed by atoms with E-state index in [-0.39, 0.29) is 29.4 Å². The molecule has 0 saturated heterocycles. The summed E-state index contributed by atoms with van der Waals surface area (Å²) in [6.07, 6.45) is 6.44. The minimum Gasteiger partial charge on any atom is -0.469 e. The number of ether oxygens (including phenoxy) is 1. The predicted octanol–water partition coefficient (Wildman–Crippen LogP) is 1.35. The van der Waals surface area contributed by atoms with Crippen LogP contribution in [0.1, 0.15) is 32.0 Å². The fraction of sp³-hybridized carbons (Fsp3) is 0.615. The van der Waals surface area contributed by atoms with Crippen molar-refractivity contribution in [2.75, 3.05) is 7.11 Å². The number of methoxy groups -OCH3 is 1. The summed E-state index contributed by atoms with van der Waals surface area (Å²) in [6, 6.07) is 0.138. The molecule has 2 aliphatic heterocycles. The summed E-state index contributed by atoms with van der Waals surface area (Å²) < 4.78 is 7.02. The van der Waals surface area contributed by atoms with E-state index in [1.54, 1.807) is 12.4 Å². The lowest BCUT2D eigenvalue weighted by atomic mass is 9.79. The highest BCUT2D eigenvalue weighted by Crippen LogP contribution is 2.44. The van der Waals surface area contributed by atoms with Crippen molar-refractivity contribution in [1.29, 1.82) is 0 Å². The quantitative estimate of drug-likeness (QED) is 0.704. The summed E-state index contributed by atoms with van der Waals surface area (Å²) in [6.45, 7) is 4.35. The molecule has 0 spiro atoms. The fourth-order valence-electron chi connectivity index (χ4n) is 3.17. The second kappa shape index (κ2) is 3.67. The van der Waals surface area contributed by atoms with Gasteiger partial charge in [0.15, 0.2) is 0 Å². The van der Waals surface area contributed by atoms with Crippen LogP contribution in [-0.4, -0.2) is 34.9 Å². The molecule has 3 rings (SSSR count). The molecule has 5 heteroatoms. The van der Waals surface area contributed by atoms with Gasteiger partial charge in [0.25, 0.3) is 0 Å². The van der Waals surface area contributed by atoms with Crippen LogP contribution in [0, 0.1) is 5.92 Å². The van der Waals surface area contributed by atoms with E-state index in [0.717, 1.165) is 12.2 Å². The summed E-state index contributed by atoms with van der Waals surface area (Å²) in [4.78, 5) is 20.8. The van der Waals surface area contributed by atoms with Crippen molar-refractivity contribution < 1.29 is 9.53 Å². The third-order valence-electron chi connectivity index (χ3n) is 4.04. The molecule has 5 nitrogen and oxygen atoms in total. The number of aliphatic imine (C=N–C) groups is 1. The van der Waals surface area contributed by atoms with E-state index in [1.807, 2.05) is 6.20 Å². The minimum atomic E-state index is -0.294. The van der Waals surface area contributed by atoms with Crippen LogP contribution in [0.15, 0.2) is 17.4 Å². The van der Waals surface area contributed by atoms with Crippen molar-refractivity contribution in [3.8, 4) is 0 Å². The summed E-state index contributed by atoms with van der Waals surface area (Å²) in [7, 11) is 1.42. The standard InChI is InChI=1S/C13H17N3O2/c1-13(2)6-9-10(11-14-4-5-16(11)13)8(7-15-9)12(17)18-3/h4-5,7-10H,6H2,1-3H3. The monoisotopic (exact) mass is 247 g/mol. The van der Waals surface area contributed by atoms with Gasteiger partial charge in [-0.05, 0) is 20.3 Å². The second-order valence-electron chi connectivity index (χ2n) is 5.61. The zero-order valence-electron chi connectivity index (χ0n) is 10.8. The Bertz CT molecular complexity index is 518. The van der Waals surface area contributed by atoms with Gasteiger partial charge in [-0.1, -0.05) is 0 Å². The molecule has 2 aliphatic rings. The van der Waals surface area contributed by atoms with Crippen LogP contribution in [0.25, 0.3) is 0 Å². The van der Waals surface area contributed by atoms with E-state index in [9.17, 15) is 4.79 Å². The van der Waals surface area contributed by atoms with Gasteiger partial charge in [-0.15, -0.1) is 0 Å². The zero-order valence-corrected chi connectivity index (χ0v) is 10.8. The number of carbonyl (C=O) groups excluding carboxylic acids is 1. The normalized spacial score (nSPS) is 31.8. The molecule has 3 unspecified atom stereocenters. The Morgan fingerprint density at radius 1 is 1.56 bits per heavy atom. The topological polar surface area (TPSA) is 56.5 Å². The van der Waals surface area contributed by atoms with Gasteiger partial charge in [0, 0.05) is 24.1 Å². The molecule has 1 aromatic rings. The third-order valence-corrected chi connectivity index (χ3v) is 4.04. The first-order chi connectivity index (χ1) is 8.54. The highest BCUT2D eigenvalue weighted by atomic mass is 16.5. The maximum atomic E-state index is 11.8. The lowest BCUT2D eigenvalue weighted by Crippen LogP contribution is -2.42. The highest BCUT2D eigenvalue weighted by molar-refractivity contribution is 5.92. The van der Waals surface area contributed by atoms with Crippen LogP contribution < -0.4 is 0 Å². The molecule has 3 atom stereocenters. The van der Waals surface area contributed by atoms with Crippen molar-refractivity contribution >= 4 is 12.2 Å². The first-order valence-corrected chi connectivity index (χ1v) is 6.19. The van der Waals surface area contributed by atoms with Crippen LogP contribution in [0.2, 0.25) is 0 Å². The van der Waals surface area contributed by atoms with Crippen LogP contribution in [0.3, 0.4) is 0 Å². The molecule has 96 valence electrons. The third kappa shape index (κ3) is 1.43. The summed E-state index contributed by atoms with van der Waals surface area (Å²) in [5, 5.41) is 0. The van der Waals surface area contributed by atoms with Crippen LogP contribution in [0.5, 0.6) is 0 Å². The number of aromatic nitrogens is 2. The van der Waals surface area contributed by atoms with Gasteiger partial charge in [-0.3, -0.25) is 9.79 Å². The molecule has 0 radical (unpaired) electrons. The molecule has 0 bridgehead atoms. The number of imidazole rings is 1. The minimum absolute atomic E-state index is 0.00461. The molecule has 0 N–H and O–H groups in total. The van der Waals surface area contributed by atoms with E-state index in [0.29, 0.717) is 0 Å². The van der Waals surface area contributed by atoms with Gasteiger partial charge in [0.1, 0.15) is 11.7 Å². The molecule has 0 aromatic carbocycles. The van der Waals surface area contributed by atoms with E-state index in [1.165, 1.54) is 7.11 Å². The molecule has 18 heavy (non-hydrogen) atoms. The first-order valence-electron chi connectivity index (χ1n) is 6.19. The van der Waals surface area contributed by atoms with Crippen LogP contribution in [0.4, 0.5) is 0 Å². The Kier molecular flexibility index (Phi) is 2.33. The van der Waals surface area contributed by atoms with Crippen molar-refractivity contribution in [3.05, 3.63) is 18.2 Å². The average Bonchev–Trinajstić information content (AvgIpc) is 2.92. The van der Waals surface area contributed by atoms with Crippen LogP contribution in [-0.2, 0) is 15.1 Å². The molecule has 1 aromatic heterocycles. The highest BCUT2D eigenvalue weighted by Gasteiger charge is 2.48. The molecule has 0 aliphatic carbocycles. The summed E-state index contributed by atoms with van der Waals surface area (Å²) in [5.41, 5.74) is -0.00461. The van der Waals surface area contributed by atoms with E-state index in [2.05, 4.69) is 28.4 Å². The van der Waals surface area contributed by atoms with Crippen molar-refractivity contribution in [1.82, 2.24) is 9.55 Å². The lowest BCUT2D eigenvalue weighted by Gasteiger charge is -2.39. The molecular weight excluding hydrogens is 230 g/mol. The SMILES string of the molecule is COC(=O)C1C=NC2CC(C)(C)n3ccnc3C21. The number of carbonyl (C=O) groups is 1. The van der Waals surface area contributed by atoms with Gasteiger partial charge >= 0.3 is 5.97 Å². The Morgan fingerprint density at radius 3 is 3.06 bits per heavy atom. The van der Waals surface area contributed by atoms with Gasteiger partial charge in [-0.25, -0.2) is 4.98 Å². The zero-order chi connectivity index (χ0) is 12.9. The Labute approximate surface area is 106 Å². The molecular formula is C13H17N3O2. The van der Waals surface area contributed by atoms with Gasteiger partial charge in [0.2, 0.25) is 0 Å². The number of rotatable bonds is 1. The fourth-order valence-corrected chi connectivity index (χ4v) is 3.17. The smallest absolute Gasteiger partial charge is 0.314 e. The average molecular weight is 247 g/mol. The Morgan fingerprint density at radius 2 is 2.33 bits per heavy atom. The summed E-state index contributed by atoms with van der Waals surface area (Å²) in [5.74, 6) is 0.461. The number of fused-ring (bicyclic) bond motifs is 3. The largest absolute Gasteiger partial charge is 0.469 e. The number of hydrogen-bond donors (Lipinski definition) is 0. The first kappa shape index (κ1) is 11.4. The van der Waals surface area contributed by atoms with E-state index >= 15 is 0 Å².